The maximum absolute atomic E-state index is 13.9. The van der Waals surface area contributed by atoms with Crippen LogP contribution >= 0.6 is 0 Å². The molecule has 0 spiro atoms. The Morgan fingerprint density at radius 2 is 2.39 bits per heavy atom. The zero-order chi connectivity index (χ0) is 18.3. The largest absolute Gasteiger partial charge is 0.354 e. The molecule has 1 aliphatic heterocycles. The summed E-state index contributed by atoms with van der Waals surface area (Å²) in [7, 11) is 0. The molecule has 0 bridgehead atoms. The van der Waals surface area contributed by atoms with E-state index in [0.717, 1.165) is 40.6 Å². The summed E-state index contributed by atoms with van der Waals surface area (Å²) in [6.45, 7) is -1.53. The summed E-state index contributed by atoms with van der Waals surface area (Å²) in [5, 5.41) is 0.807. The lowest BCUT2D eigenvalue weighted by Gasteiger charge is -2.19. The summed E-state index contributed by atoms with van der Waals surface area (Å²) in [6.07, 6.45) is 5.72. The Morgan fingerprint density at radius 3 is 3.22 bits per heavy atom. The van der Waals surface area contributed by atoms with Gasteiger partial charge in [0.1, 0.15) is 5.82 Å². The molecule has 1 N–H and O–H groups in total. The molecule has 1 fully saturated rings. The lowest BCUT2D eigenvalue weighted by atomic mass is 9.98. The molecular weight excluding hydrogens is 289 g/mol. The molecule has 4 heteroatoms. The van der Waals surface area contributed by atoms with E-state index in [1.165, 1.54) is 12.1 Å². The van der Waals surface area contributed by atoms with Crippen LogP contribution in [0.1, 0.15) is 22.5 Å². The number of H-pyrrole nitrogens is 1. The number of nitrogens with zero attached hydrogens (tertiary/aromatic N) is 2. The second-order valence-electron chi connectivity index (χ2n) is 6.10. The molecule has 23 heavy (non-hydrogen) atoms. The molecular formula is C19H20FN3. The molecule has 118 valence electrons. The zero-order valence-corrected chi connectivity index (χ0v) is 12.7. The molecule has 3 nitrogen and oxygen atoms in total. The van der Waals surface area contributed by atoms with Gasteiger partial charge in [-0.2, -0.15) is 0 Å². The van der Waals surface area contributed by atoms with Gasteiger partial charge in [0.2, 0.25) is 0 Å². The average molecular weight is 312 g/mol. The van der Waals surface area contributed by atoms with Gasteiger partial charge in [-0.3, -0.25) is 4.98 Å². The molecule has 4 rings (SSSR count). The van der Waals surface area contributed by atoms with Gasteiger partial charge in [-0.1, -0.05) is 0 Å². The highest BCUT2D eigenvalue weighted by atomic mass is 19.1. The Morgan fingerprint density at radius 1 is 1.43 bits per heavy atom. The fraction of sp³-hybridized carbons (Fsp3) is 0.316. The predicted molar refractivity (Wildman–Crippen MR) is 90.8 cm³/mol. The summed E-state index contributed by atoms with van der Waals surface area (Å²) in [6, 6.07) is 8.41. The number of hydrogen-bond donors (Lipinski definition) is 1. The van der Waals surface area contributed by atoms with Gasteiger partial charge in [-0.15, -0.1) is 0 Å². The van der Waals surface area contributed by atoms with E-state index in [-0.39, 0.29) is 11.9 Å². The van der Waals surface area contributed by atoms with E-state index in [4.69, 9.17) is 4.11 Å². The van der Waals surface area contributed by atoms with Gasteiger partial charge in [0.05, 0.1) is 5.69 Å². The van der Waals surface area contributed by atoms with Crippen molar-refractivity contribution >= 4 is 10.9 Å². The Hall–Kier alpha value is -2.20. The normalized spacial score (nSPS) is 21.3. The number of rotatable bonds is 3. The van der Waals surface area contributed by atoms with Crippen LogP contribution in [0.15, 0.2) is 42.7 Å². The number of aromatic nitrogens is 2. The smallest absolute Gasteiger partial charge is 0.123 e. The molecule has 1 aliphatic rings. The van der Waals surface area contributed by atoms with E-state index in [0.29, 0.717) is 13.0 Å². The standard InChI is InChI=1S/C19H20FN3/c1-23-9-3-5-15(23)11-17-16-10-14(20)6-7-18(16)22-19(17)13-4-2-8-21-12-13/h2,4,6-8,10,12,15,22H,3,5,9,11H2,1H3/t15-/m1/s1/i1D3. The van der Waals surface area contributed by atoms with Crippen molar-refractivity contribution in [3.05, 3.63) is 54.1 Å². The summed E-state index contributed by atoms with van der Waals surface area (Å²) in [5.74, 6) is -0.297. The topological polar surface area (TPSA) is 31.9 Å². The first-order valence-electron chi connectivity index (χ1n) is 9.41. The van der Waals surface area contributed by atoms with Crippen LogP contribution in [0.25, 0.3) is 22.2 Å². The van der Waals surface area contributed by atoms with Crippen LogP contribution < -0.4 is 0 Å². The van der Waals surface area contributed by atoms with E-state index < -0.39 is 6.98 Å². The lowest BCUT2D eigenvalue weighted by molar-refractivity contribution is 0.310. The number of nitrogens with one attached hydrogen (secondary N) is 1. The Labute approximate surface area is 139 Å². The summed E-state index contributed by atoms with van der Waals surface area (Å²) < 4.78 is 37.2. The molecule has 0 unspecified atom stereocenters. The minimum absolute atomic E-state index is 0.0832. The zero-order valence-electron chi connectivity index (χ0n) is 15.7. The van der Waals surface area contributed by atoms with Gasteiger partial charge in [-0.25, -0.2) is 4.39 Å². The molecule has 3 heterocycles. The number of likely N-dealkylation sites (tertiary alicyclic amines) is 1. The molecule has 1 saturated heterocycles. The van der Waals surface area contributed by atoms with Crippen molar-refractivity contribution in [2.24, 2.45) is 0 Å². The van der Waals surface area contributed by atoms with E-state index >= 15 is 0 Å². The van der Waals surface area contributed by atoms with Gasteiger partial charge in [-0.05, 0) is 68.7 Å². The van der Waals surface area contributed by atoms with Crippen LogP contribution in [0.5, 0.6) is 0 Å². The summed E-state index contributed by atoms with van der Waals surface area (Å²) >= 11 is 0. The van der Waals surface area contributed by atoms with Gasteiger partial charge in [0, 0.05) is 39.0 Å². The lowest BCUT2D eigenvalue weighted by Crippen LogP contribution is -2.26. The summed E-state index contributed by atoms with van der Waals surface area (Å²) in [4.78, 5) is 9.15. The third kappa shape index (κ3) is 2.63. The van der Waals surface area contributed by atoms with Crippen molar-refractivity contribution in [2.75, 3.05) is 13.5 Å². The highest BCUT2D eigenvalue weighted by molar-refractivity contribution is 5.90. The number of fused-ring (bicyclic) bond motifs is 1. The van der Waals surface area contributed by atoms with Gasteiger partial charge < -0.3 is 9.88 Å². The van der Waals surface area contributed by atoms with E-state index in [9.17, 15) is 4.39 Å². The van der Waals surface area contributed by atoms with Gasteiger partial charge in [0.15, 0.2) is 0 Å². The fourth-order valence-corrected chi connectivity index (χ4v) is 3.47. The third-order valence-electron chi connectivity index (χ3n) is 4.64. The van der Waals surface area contributed by atoms with Crippen molar-refractivity contribution in [3.63, 3.8) is 0 Å². The number of pyridine rings is 1. The van der Waals surface area contributed by atoms with Crippen molar-refractivity contribution in [2.45, 2.75) is 25.3 Å². The Kier molecular flexibility index (Phi) is 2.85. The van der Waals surface area contributed by atoms with E-state index in [2.05, 4.69) is 9.97 Å². The monoisotopic (exact) mass is 312 g/mol. The summed E-state index contributed by atoms with van der Waals surface area (Å²) in [5.41, 5.74) is 3.60. The second kappa shape index (κ2) is 5.78. The molecule has 0 saturated carbocycles. The van der Waals surface area contributed by atoms with Crippen LogP contribution in [-0.2, 0) is 6.42 Å². The number of aromatic amines is 1. The first-order chi connectivity index (χ1) is 12.4. The maximum Gasteiger partial charge on any atom is 0.123 e. The fourth-order valence-electron chi connectivity index (χ4n) is 3.47. The number of likely N-dealkylation sites (N-methyl/N-ethyl adjacent to an activating group) is 1. The second-order valence-corrected chi connectivity index (χ2v) is 6.10. The van der Waals surface area contributed by atoms with Crippen LogP contribution in [0, 0.1) is 5.82 Å². The van der Waals surface area contributed by atoms with Crippen LogP contribution in [-0.4, -0.2) is 34.4 Å². The number of benzene rings is 1. The Balaban J connectivity index is 1.81. The molecule has 2 aromatic heterocycles. The molecule has 1 atom stereocenters. The van der Waals surface area contributed by atoms with E-state index in [1.807, 2.05) is 12.1 Å². The first-order valence-corrected chi connectivity index (χ1v) is 7.91. The Bertz CT molecular complexity index is 921. The van der Waals surface area contributed by atoms with Crippen molar-refractivity contribution in [1.82, 2.24) is 14.9 Å². The molecule has 1 aromatic carbocycles. The first kappa shape index (κ1) is 11.4. The molecule has 0 amide bonds. The molecule has 0 aliphatic carbocycles. The third-order valence-corrected chi connectivity index (χ3v) is 4.64. The van der Waals surface area contributed by atoms with Crippen LogP contribution in [0.4, 0.5) is 4.39 Å². The van der Waals surface area contributed by atoms with E-state index in [1.54, 1.807) is 23.4 Å². The number of halogens is 1. The van der Waals surface area contributed by atoms with Crippen molar-refractivity contribution in [1.29, 1.82) is 0 Å². The highest BCUT2D eigenvalue weighted by Gasteiger charge is 2.24. The SMILES string of the molecule is [2H]C([2H])([2H])N1CCC[C@@H]1Cc1c(-c2cccnc2)[nH]c2ccc(F)cc12. The van der Waals surface area contributed by atoms with Crippen LogP contribution in [0.3, 0.4) is 0 Å². The number of hydrogen-bond acceptors (Lipinski definition) is 2. The predicted octanol–water partition coefficient (Wildman–Crippen LogP) is 4.01. The van der Waals surface area contributed by atoms with Crippen molar-refractivity contribution in [3.8, 4) is 11.3 Å². The quantitative estimate of drug-likeness (QED) is 0.792. The van der Waals surface area contributed by atoms with Crippen molar-refractivity contribution < 1.29 is 8.50 Å². The highest BCUT2D eigenvalue weighted by Crippen LogP contribution is 2.33. The molecule has 0 radical (unpaired) electrons. The minimum Gasteiger partial charge on any atom is -0.354 e. The van der Waals surface area contributed by atoms with Gasteiger partial charge in [0.25, 0.3) is 0 Å². The molecule has 3 aromatic rings. The minimum atomic E-state index is -2.10. The van der Waals surface area contributed by atoms with Crippen LogP contribution in [0.2, 0.25) is 0 Å². The maximum atomic E-state index is 13.9. The average Bonchev–Trinajstić information content (AvgIpc) is 3.21. The van der Waals surface area contributed by atoms with Gasteiger partial charge >= 0.3 is 0 Å².